The predicted molar refractivity (Wildman–Crippen MR) is 226 cm³/mol. The van der Waals surface area contributed by atoms with E-state index in [1.54, 1.807) is 19.0 Å². The van der Waals surface area contributed by atoms with Gasteiger partial charge in [-0.05, 0) is 132 Å². The van der Waals surface area contributed by atoms with E-state index in [1.165, 1.54) is 16.9 Å². The Morgan fingerprint density at radius 1 is 0.962 bits per heavy atom. The van der Waals surface area contributed by atoms with Crippen molar-refractivity contribution in [3.8, 4) is 11.3 Å². The number of benzene rings is 3. The summed E-state index contributed by atoms with van der Waals surface area (Å²) in [4.78, 5) is 21.6. The highest BCUT2D eigenvalue weighted by Crippen LogP contribution is 2.39. The number of carbonyl (C=O) groups excluding carboxylic acids is 1. The summed E-state index contributed by atoms with van der Waals surface area (Å²) in [7, 11) is 7.98. The Morgan fingerprint density at radius 2 is 1.66 bits per heavy atom. The van der Waals surface area contributed by atoms with Crippen molar-refractivity contribution in [2.45, 2.75) is 51.0 Å². The first-order valence-corrected chi connectivity index (χ1v) is 19.6. The molecule has 1 aromatic heterocycles. The first-order valence-electron chi connectivity index (χ1n) is 18.8. The molecule has 1 saturated heterocycles. The van der Waals surface area contributed by atoms with Crippen molar-refractivity contribution in [2.75, 3.05) is 74.5 Å². The standard InChI is InChI=1S/C43H56N8OS/c1-29-11-13-32(14-12-29)42-41(40(43(52)45-4)31(3)49(42)7)33-9-8-10-36(27-33)51-25-23-50(24-26-51)35-17-15-34(16-18-35)47-53-37-19-20-39(38(44)28-37)46-30(2)21-22-48(5)6/h9,11-20,27-28,30,46-47H,8,10,21-26,44H2,1-7H3,(H,45,52)/t30-/m0/s1. The lowest BCUT2D eigenvalue weighted by Gasteiger charge is -2.39. The van der Waals surface area contributed by atoms with Gasteiger partial charge in [0.15, 0.2) is 0 Å². The highest BCUT2D eigenvalue weighted by Gasteiger charge is 2.28. The second-order valence-electron chi connectivity index (χ2n) is 14.6. The molecule has 4 aromatic rings. The van der Waals surface area contributed by atoms with Gasteiger partial charge < -0.3 is 40.4 Å². The molecule has 10 heteroatoms. The highest BCUT2D eigenvalue weighted by molar-refractivity contribution is 8.00. The molecule has 280 valence electrons. The second-order valence-corrected chi connectivity index (χ2v) is 15.5. The number of anilines is 4. The summed E-state index contributed by atoms with van der Waals surface area (Å²) in [5, 5.41) is 6.45. The van der Waals surface area contributed by atoms with E-state index in [9.17, 15) is 4.79 Å². The summed E-state index contributed by atoms with van der Waals surface area (Å²) in [6.07, 6.45) is 7.65. The first kappa shape index (κ1) is 37.9. The van der Waals surface area contributed by atoms with Gasteiger partial charge in [0.2, 0.25) is 0 Å². The van der Waals surface area contributed by atoms with Crippen LogP contribution in [0.5, 0.6) is 0 Å². The molecular weight excluding hydrogens is 677 g/mol. The van der Waals surface area contributed by atoms with Gasteiger partial charge >= 0.3 is 0 Å². The fraction of sp³-hybridized carbons (Fsp3) is 0.372. The Labute approximate surface area is 320 Å². The van der Waals surface area contributed by atoms with Crippen molar-refractivity contribution in [3.63, 3.8) is 0 Å². The summed E-state index contributed by atoms with van der Waals surface area (Å²) in [6, 6.07) is 23.9. The van der Waals surface area contributed by atoms with E-state index < -0.39 is 0 Å². The topological polar surface area (TPSA) is 93.8 Å². The van der Waals surface area contributed by atoms with E-state index in [0.717, 1.165) is 108 Å². The van der Waals surface area contributed by atoms with Gasteiger partial charge in [0.1, 0.15) is 0 Å². The number of nitrogen functional groups attached to an aromatic ring is 1. The molecule has 2 aliphatic rings. The molecule has 5 N–H and O–H groups in total. The van der Waals surface area contributed by atoms with Crippen molar-refractivity contribution in [1.82, 2.24) is 19.7 Å². The van der Waals surface area contributed by atoms with E-state index in [2.05, 4.69) is 142 Å². The summed E-state index contributed by atoms with van der Waals surface area (Å²) in [5.41, 5.74) is 19.1. The molecular formula is C43H56N8OS. The molecule has 1 atom stereocenters. The minimum Gasteiger partial charge on any atom is -0.397 e. The molecule has 53 heavy (non-hydrogen) atoms. The number of rotatable bonds is 13. The van der Waals surface area contributed by atoms with Crippen LogP contribution in [0.15, 0.2) is 89.5 Å². The summed E-state index contributed by atoms with van der Waals surface area (Å²) >= 11 is 1.57. The van der Waals surface area contributed by atoms with Crippen LogP contribution in [0.4, 0.5) is 22.7 Å². The number of hydrogen-bond acceptors (Lipinski definition) is 8. The normalized spacial score (nSPS) is 15.2. The summed E-state index contributed by atoms with van der Waals surface area (Å²) in [6.45, 7) is 11.2. The number of allylic oxidation sites excluding steroid dienone is 4. The van der Waals surface area contributed by atoms with E-state index in [-0.39, 0.29) is 5.91 Å². The van der Waals surface area contributed by atoms with Crippen LogP contribution in [0.3, 0.4) is 0 Å². The maximum Gasteiger partial charge on any atom is 0.253 e. The van der Waals surface area contributed by atoms with Gasteiger partial charge in [0, 0.05) is 79.5 Å². The Hall–Kier alpha value is -4.80. The molecule has 1 amide bonds. The van der Waals surface area contributed by atoms with Crippen LogP contribution in [0.25, 0.3) is 16.8 Å². The Morgan fingerprint density at radius 3 is 2.32 bits per heavy atom. The van der Waals surface area contributed by atoms with E-state index in [1.807, 2.05) is 13.0 Å². The lowest BCUT2D eigenvalue weighted by Crippen LogP contribution is -2.46. The quantitative estimate of drug-likeness (QED) is 0.0812. The largest absolute Gasteiger partial charge is 0.397 e. The third kappa shape index (κ3) is 8.88. The molecule has 0 bridgehead atoms. The van der Waals surface area contributed by atoms with Crippen LogP contribution in [-0.4, -0.2) is 80.2 Å². The van der Waals surface area contributed by atoms with Crippen molar-refractivity contribution in [2.24, 2.45) is 7.05 Å². The first-order chi connectivity index (χ1) is 25.5. The molecule has 0 unspecified atom stereocenters. The molecule has 2 heterocycles. The molecule has 9 nitrogen and oxygen atoms in total. The number of aryl methyl sites for hydroxylation is 1. The Bertz CT molecular complexity index is 1950. The van der Waals surface area contributed by atoms with E-state index in [0.29, 0.717) is 6.04 Å². The van der Waals surface area contributed by atoms with Crippen molar-refractivity contribution >= 4 is 46.2 Å². The van der Waals surface area contributed by atoms with Crippen molar-refractivity contribution in [1.29, 1.82) is 0 Å². The van der Waals surface area contributed by atoms with Crippen LogP contribution in [0, 0.1) is 13.8 Å². The number of piperazine rings is 1. The minimum absolute atomic E-state index is 0.0472. The predicted octanol–water partition coefficient (Wildman–Crippen LogP) is 8.01. The van der Waals surface area contributed by atoms with Crippen LogP contribution in [0.2, 0.25) is 0 Å². The average molecular weight is 733 g/mol. The molecule has 0 radical (unpaired) electrons. The lowest BCUT2D eigenvalue weighted by atomic mass is 9.91. The monoisotopic (exact) mass is 732 g/mol. The van der Waals surface area contributed by atoms with E-state index >= 15 is 0 Å². The van der Waals surface area contributed by atoms with Crippen LogP contribution in [0.1, 0.15) is 53.4 Å². The lowest BCUT2D eigenvalue weighted by molar-refractivity contribution is 0.0962. The number of hydrogen-bond donors (Lipinski definition) is 4. The molecule has 3 aromatic carbocycles. The van der Waals surface area contributed by atoms with Gasteiger partial charge in [-0.3, -0.25) is 4.79 Å². The SMILES string of the molecule is CNC(=O)c1c(C2=CCCC(N3CCN(c4ccc(NSc5ccc(N[C@@H](C)CCN(C)C)c(N)c5)cc4)CC3)=C2)c(-c2ccc(C)cc2)n(C)c1C. The van der Waals surface area contributed by atoms with Crippen LogP contribution in [-0.2, 0) is 7.05 Å². The molecule has 0 saturated carbocycles. The number of nitrogens with one attached hydrogen (secondary N) is 3. The van der Waals surface area contributed by atoms with Gasteiger partial charge in [-0.15, -0.1) is 0 Å². The minimum atomic E-state index is -0.0472. The maximum absolute atomic E-state index is 13.3. The summed E-state index contributed by atoms with van der Waals surface area (Å²) in [5.74, 6) is -0.0472. The average Bonchev–Trinajstić information content (AvgIpc) is 3.43. The van der Waals surface area contributed by atoms with Gasteiger partial charge in [-0.1, -0.05) is 35.9 Å². The number of carbonyl (C=O) groups is 1. The molecule has 1 aliphatic carbocycles. The van der Waals surface area contributed by atoms with Gasteiger partial charge in [-0.25, -0.2) is 0 Å². The zero-order valence-electron chi connectivity index (χ0n) is 32.4. The van der Waals surface area contributed by atoms with Crippen LogP contribution < -0.4 is 26.0 Å². The number of amides is 1. The third-order valence-electron chi connectivity index (χ3n) is 10.5. The summed E-state index contributed by atoms with van der Waals surface area (Å²) < 4.78 is 5.66. The fourth-order valence-electron chi connectivity index (χ4n) is 7.28. The molecule has 0 spiro atoms. The van der Waals surface area contributed by atoms with Crippen LogP contribution >= 0.6 is 11.9 Å². The number of nitrogens with two attached hydrogens (primary N) is 1. The van der Waals surface area contributed by atoms with Gasteiger partial charge in [0.05, 0.1) is 22.6 Å². The number of nitrogens with zero attached hydrogens (tertiary/aromatic N) is 4. The van der Waals surface area contributed by atoms with Crippen molar-refractivity contribution < 1.29 is 4.79 Å². The van der Waals surface area contributed by atoms with Gasteiger partial charge in [0.25, 0.3) is 5.91 Å². The zero-order chi connectivity index (χ0) is 37.6. The van der Waals surface area contributed by atoms with Crippen molar-refractivity contribution in [3.05, 3.63) is 107 Å². The Balaban J connectivity index is 1.08. The second kappa shape index (κ2) is 16.9. The van der Waals surface area contributed by atoms with E-state index in [4.69, 9.17) is 5.73 Å². The maximum atomic E-state index is 13.3. The smallest absolute Gasteiger partial charge is 0.253 e. The third-order valence-corrected chi connectivity index (χ3v) is 11.3. The van der Waals surface area contributed by atoms with Gasteiger partial charge in [-0.2, -0.15) is 0 Å². The molecule has 1 aliphatic heterocycles. The number of aromatic nitrogens is 1. The highest BCUT2D eigenvalue weighted by atomic mass is 32.2. The molecule has 6 rings (SSSR count). The zero-order valence-corrected chi connectivity index (χ0v) is 33.2. The fourth-order valence-corrected chi connectivity index (χ4v) is 7.97. The molecule has 1 fully saturated rings. The Kier molecular flexibility index (Phi) is 12.1.